The van der Waals surface area contributed by atoms with Crippen molar-refractivity contribution in [3.05, 3.63) is 65.1 Å². The van der Waals surface area contributed by atoms with Crippen molar-refractivity contribution < 1.29 is 34.1 Å². The van der Waals surface area contributed by atoms with Gasteiger partial charge in [-0.3, -0.25) is 9.59 Å². The van der Waals surface area contributed by atoms with Gasteiger partial charge in [-0.1, -0.05) is 38.1 Å². The summed E-state index contributed by atoms with van der Waals surface area (Å²) in [5.41, 5.74) is -2.16. The van der Waals surface area contributed by atoms with E-state index in [9.17, 15) is 24.9 Å². The Morgan fingerprint density at radius 3 is 2.38 bits per heavy atom. The molecule has 1 aliphatic carbocycles. The number of carbonyl (C=O) groups is 2. The highest BCUT2D eigenvalue weighted by atomic mass is 16.6. The molecule has 0 radical (unpaired) electrons. The van der Waals surface area contributed by atoms with E-state index in [2.05, 4.69) is 0 Å². The molecule has 0 saturated carbocycles. The number of ketones is 1. The highest BCUT2D eigenvalue weighted by Gasteiger charge is 2.85. The van der Waals surface area contributed by atoms with Gasteiger partial charge in [-0.25, -0.2) is 0 Å². The van der Waals surface area contributed by atoms with Crippen LogP contribution in [0.25, 0.3) is 5.76 Å². The minimum absolute atomic E-state index is 0.00920. The quantitative estimate of drug-likeness (QED) is 0.518. The van der Waals surface area contributed by atoms with Crippen LogP contribution in [0.5, 0.6) is 0 Å². The number of rotatable bonds is 3. The van der Waals surface area contributed by atoms with E-state index >= 15 is 0 Å². The number of nitrogens with zero attached hydrogens (tertiary/aromatic N) is 1. The second-order valence-electron chi connectivity index (χ2n) is 8.03. The van der Waals surface area contributed by atoms with E-state index in [-0.39, 0.29) is 34.9 Å². The van der Waals surface area contributed by atoms with Crippen molar-refractivity contribution in [3.8, 4) is 0 Å². The van der Waals surface area contributed by atoms with Crippen molar-refractivity contribution >= 4 is 17.4 Å². The largest absolute Gasteiger partial charge is 0.472 e. The van der Waals surface area contributed by atoms with E-state index < -0.39 is 28.8 Å². The lowest BCUT2D eigenvalue weighted by atomic mass is 9.78. The van der Waals surface area contributed by atoms with Crippen LogP contribution in [0.4, 0.5) is 0 Å². The molecule has 2 unspecified atom stereocenters. The maximum absolute atomic E-state index is 13.1. The lowest BCUT2D eigenvalue weighted by Crippen LogP contribution is -2.66. The summed E-state index contributed by atoms with van der Waals surface area (Å²) in [6, 6.07) is 7.61. The Kier molecular flexibility index (Phi) is 3.34. The highest BCUT2D eigenvalue weighted by molar-refractivity contribution is 6.48. The number of ether oxygens (including phenoxy) is 1. The normalized spacial score (nSPS) is 29.4. The molecule has 0 bridgehead atoms. The van der Waals surface area contributed by atoms with Gasteiger partial charge in [0, 0.05) is 17.7 Å². The molecule has 8 nitrogen and oxygen atoms in total. The number of hydrogen-bond acceptors (Lipinski definition) is 7. The second kappa shape index (κ2) is 5.35. The molecule has 1 aromatic carbocycles. The van der Waals surface area contributed by atoms with Crippen LogP contribution >= 0.6 is 0 Å². The third-order valence-electron chi connectivity index (χ3n) is 5.90. The molecule has 2 aromatic rings. The molecule has 3 heterocycles. The van der Waals surface area contributed by atoms with Crippen LogP contribution in [0.3, 0.4) is 0 Å². The third kappa shape index (κ3) is 1.80. The predicted molar refractivity (Wildman–Crippen MR) is 97.5 cm³/mol. The zero-order chi connectivity index (χ0) is 20.8. The minimum atomic E-state index is -2.77. The molecule has 2 atom stereocenters. The summed E-state index contributed by atoms with van der Waals surface area (Å²) in [5.74, 6) is -7.23. The van der Waals surface area contributed by atoms with Crippen LogP contribution in [0.1, 0.15) is 30.5 Å². The molecule has 8 heteroatoms. The summed E-state index contributed by atoms with van der Waals surface area (Å²) in [6.45, 7) is 3.65. The van der Waals surface area contributed by atoms with E-state index in [0.29, 0.717) is 5.56 Å². The lowest BCUT2D eigenvalue weighted by molar-refractivity contribution is -0.312. The van der Waals surface area contributed by atoms with E-state index in [1.807, 2.05) is 13.8 Å². The Labute approximate surface area is 165 Å². The summed E-state index contributed by atoms with van der Waals surface area (Å²) in [5, 5.41) is 34.6. The first kappa shape index (κ1) is 18.1. The highest BCUT2D eigenvalue weighted by Crippen LogP contribution is 2.67. The summed E-state index contributed by atoms with van der Waals surface area (Å²) >= 11 is 0. The summed E-state index contributed by atoms with van der Waals surface area (Å²) in [6.07, 6.45) is 2.65. The molecule has 150 valence electrons. The molecular weight excluding hydrogens is 378 g/mol. The molecule has 5 rings (SSSR count). The number of carbonyl (C=O) groups excluding carboxylic acids is 2. The summed E-state index contributed by atoms with van der Waals surface area (Å²) in [7, 11) is 0. The lowest BCUT2D eigenvalue weighted by Gasteiger charge is -2.45. The first-order valence-electron chi connectivity index (χ1n) is 9.27. The van der Waals surface area contributed by atoms with Gasteiger partial charge in [0.2, 0.25) is 11.3 Å². The van der Waals surface area contributed by atoms with E-state index in [1.165, 1.54) is 30.7 Å². The molecule has 1 fully saturated rings. The number of fused-ring (bicyclic) bond motifs is 2. The van der Waals surface area contributed by atoms with Crippen LogP contribution in [0, 0.1) is 5.92 Å². The third-order valence-corrected chi connectivity index (χ3v) is 5.90. The Morgan fingerprint density at radius 1 is 1.07 bits per heavy atom. The maximum Gasteiger partial charge on any atom is 0.296 e. The van der Waals surface area contributed by atoms with Crippen LogP contribution < -0.4 is 0 Å². The van der Waals surface area contributed by atoms with Crippen molar-refractivity contribution in [2.75, 3.05) is 6.54 Å². The molecule has 2 aliphatic heterocycles. The van der Waals surface area contributed by atoms with Crippen molar-refractivity contribution in [3.63, 3.8) is 0 Å². The molecule has 1 amide bonds. The van der Waals surface area contributed by atoms with Crippen molar-refractivity contribution in [2.45, 2.75) is 31.0 Å². The molecule has 3 aliphatic rings. The van der Waals surface area contributed by atoms with Gasteiger partial charge in [-0.15, -0.1) is 0 Å². The number of hydrogen-bond donors (Lipinski definition) is 3. The standard InChI is InChI=1S/C21H19NO7/c1-11(2)9-22-18(24)16(23)15-17(12-7-8-28-10-12)29-21(27)14-6-4-3-5-13(14)20(25,26)19(15,21)22/h3-8,10-11,25-27H,9H2,1-2H3. The van der Waals surface area contributed by atoms with Crippen molar-refractivity contribution in [1.29, 1.82) is 0 Å². The molecule has 1 aromatic heterocycles. The van der Waals surface area contributed by atoms with Gasteiger partial charge in [0.05, 0.1) is 17.4 Å². The number of benzene rings is 1. The molecule has 1 saturated heterocycles. The Balaban J connectivity index is 1.90. The number of amides is 1. The molecule has 1 spiro atoms. The number of Topliss-reactive ketones (excluding diaryl/α,β-unsaturated/α-hetero) is 1. The van der Waals surface area contributed by atoms with Gasteiger partial charge in [0.25, 0.3) is 17.5 Å². The van der Waals surface area contributed by atoms with E-state index in [0.717, 1.165) is 4.90 Å². The second-order valence-corrected chi connectivity index (χ2v) is 8.03. The molecule has 29 heavy (non-hydrogen) atoms. The fourth-order valence-corrected chi connectivity index (χ4v) is 4.88. The molecule has 3 N–H and O–H groups in total. The van der Waals surface area contributed by atoms with Crippen molar-refractivity contribution in [2.24, 2.45) is 5.92 Å². The van der Waals surface area contributed by atoms with Gasteiger partial charge >= 0.3 is 0 Å². The first-order valence-corrected chi connectivity index (χ1v) is 9.27. The number of furan rings is 1. The predicted octanol–water partition coefficient (Wildman–Crippen LogP) is 0.823. The van der Waals surface area contributed by atoms with Gasteiger partial charge in [-0.05, 0) is 12.0 Å². The van der Waals surface area contributed by atoms with Crippen LogP contribution in [0.2, 0.25) is 0 Å². The van der Waals surface area contributed by atoms with Gasteiger partial charge in [-0.2, -0.15) is 0 Å². The molecular formula is C21H19NO7. The Morgan fingerprint density at radius 2 is 1.76 bits per heavy atom. The first-order chi connectivity index (χ1) is 13.7. The van der Waals surface area contributed by atoms with Crippen molar-refractivity contribution in [1.82, 2.24) is 4.90 Å². The zero-order valence-electron chi connectivity index (χ0n) is 15.7. The topological polar surface area (TPSA) is 120 Å². The fourth-order valence-electron chi connectivity index (χ4n) is 4.88. The van der Waals surface area contributed by atoms with Gasteiger partial charge in [0.1, 0.15) is 12.0 Å². The van der Waals surface area contributed by atoms with Crippen LogP contribution in [-0.2, 0) is 25.9 Å². The smallest absolute Gasteiger partial charge is 0.296 e. The Hall–Kier alpha value is -2.94. The monoisotopic (exact) mass is 397 g/mol. The SMILES string of the molecule is CC(C)CN1C(=O)C(=O)C2=C(c3ccoc3)OC3(O)c4ccccc4C(O)(O)C213. The van der Waals surface area contributed by atoms with Gasteiger partial charge in [0.15, 0.2) is 0 Å². The fraction of sp³-hybridized carbons (Fsp3) is 0.333. The number of likely N-dealkylation sites (tertiary alicyclic amines) is 1. The summed E-state index contributed by atoms with van der Waals surface area (Å²) in [4.78, 5) is 27.2. The van der Waals surface area contributed by atoms with Crippen LogP contribution in [0.15, 0.2) is 52.8 Å². The van der Waals surface area contributed by atoms with E-state index in [1.54, 1.807) is 12.1 Å². The van der Waals surface area contributed by atoms with Crippen LogP contribution in [-0.4, -0.2) is 44.0 Å². The average molecular weight is 397 g/mol. The Bertz CT molecular complexity index is 1080. The van der Waals surface area contributed by atoms with Gasteiger partial charge < -0.3 is 29.4 Å². The number of aliphatic hydroxyl groups is 3. The maximum atomic E-state index is 13.1. The van der Waals surface area contributed by atoms with E-state index in [4.69, 9.17) is 9.15 Å². The average Bonchev–Trinajstić information content (AvgIpc) is 3.37. The zero-order valence-corrected chi connectivity index (χ0v) is 15.7. The minimum Gasteiger partial charge on any atom is -0.472 e. The summed E-state index contributed by atoms with van der Waals surface area (Å²) < 4.78 is 11.0.